The van der Waals surface area contributed by atoms with Crippen LogP contribution in [0.25, 0.3) is 5.57 Å². The minimum Gasteiger partial charge on any atom is -0.426 e. The molecule has 3 nitrogen and oxygen atoms in total. The molecule has 0 unspecified atom stereocenters. The van der Waals surface area contributed by atoms with E-state index in [1.807, 2.05) is 0 Å². The number of hydrogen-bond acceptors (Lipinski definition) is 3. The normalized spacial score (nSPS) is 9.57. The fourth-order valence-corrected chi connectivity index (χ4v) is 1.09. The van der Waals surface area contributed by atoms with E-state index in [0.29, 0.717) is 16.9 Å². The van der Waals surface area contributed by atoms with Gasteiger partial charge in [0, 0.05) is 12.5 Å². The van der Waals surface area contributed by atoms with Gasteiger partial charge in [0.05, 0.1) is 6.61 Å². The lowest BCUT2D eigenvalue weighted by Crippen LogP contribution is -2.04. The zero-order valence-corrected chi connectivity index (χ0v) is 7.99. The van der Waals surface area contributed by atoms with Crippen LogP contribution in [0.2, 0.25) is 0 Å². The monoisotopic (exact) mass is 192 g/mol. The minimum atomic E-state index is -0.386. The lowest BCUT2D eigenvalue weighted by molar-refractivity contribution is -0.131. The van der Waals surface area contributed by atoms with Gasteiger partial charge in [-0.15, -0.1) is 0 Å². The third-order valence-electron chi connectivity index (χ3n) is 1.71. The Morgan fingerprint density at radius 3 is 2.71 bits per heavy atom. The summed E-state index contributed by atoms with van der Waals surface area (Å²) in [4.78, 5) is 10.8. The highest BCUT2D eigenvalue weighted by Crippen LogP contribution is 2.24. The van der Waals surface area contributed by atoms with Crippen molar-refractivity contribution in [2.45, 2.75) is 6.92 Å². The average Bonchev–Trinajstić information content (AvgIpc) is 2.16. The summed E-state index contributed by atoms with van der Waals surface area (Å²) in [6.07, 6.45) is 0. The number of rotatable bonds is 3. The molecule has 0 amide bonds. The summed E-state index contributed by atoms with van der Waals surface area (Å²) in [5.74, 6) is 0.0437. The largest absolute Gasteiger partial charge is 0.426 e. The van der Waals surface area contributed by atoms with Crippen molar-refractivity contribution in [1.82, 2.24) is 0 Å². The van der Waals surface area contributed by atoms with E-state index in [2.05, 4.69) is 6.58 Å². The maximum atomic E-state index is 10.8. The lowest BCUT2D eigenvalue weighted by atomic mass is 10.1. The molecule has 0 aromatic heterocycles. The van der Waals surface area contributed by atoms with Crippen LogP contribution in [-0.4, -0.2) is 17.7 Å². The SMILES string of the molecule is C=C(CO)c1ccccc1OC(C)=O. The summed E-state index contributed by atoms with van der Waals surface area (Å²) in [7, 11) is 0. The molecule has 0 atom stereocenters. The highest BCUT2D eigenvalue weighted by atomic mass is 16.5. The van der Waals surface area contributed by atoms with Crippen molar-refractivity contribution in [1.29, 1.82) is 0 Å². The molecule has 0 saturated carbocycles. The van der Waals surface area contributed by atoms with Gasteiger partial charge < -0.3 is 9.84 Å². The summed E-state index contributed by atoms with van der Waals surface area (Å²) < 4.78 is 4.96. The van der Waals surface area contributed by atoms with E-state index >= 15 is 0 Å². The summed E-state index contributed by atoms with van der Waals surface area (Å²) in [5.41, 5.74) is 1.19. The molecule has 0 aliphatic heterocycles. The minimum absolute atomic E-state index is 0.154. The lowest BCUT2D eigenvalue weighted by Gasteiger charge is -2.08. The number of benzene rings is 1. The second kappa shape index (κ2) is 4.58. The third-order valence-corrected chi connectivity index (χ3v) is 1.71. The van der Waals surface area contributed by atoms with Gasteiger partial charge in [-0.2, -0.15) is 0 Å². The number of aliphatic hydroxyl groups excluding tert-OH is 1. The number of esters is 1. The van der Waals surface area contributed by atoms with E-state index < -0.39 is 0 Å². The summed E-state index contributed by atoms with van der Waals surface area (Å²) in [6, 6.07) is 6.96. The predicted molar refractivity (Wildman–Crippen MR) is 53.9 cm³/mol. The molecule has 0 radical (unpaired) electrons. The van der Waals surface area contributed by atoms with Crippen molar-refractivity contribution in [2.24, 2.45) is 0 Å². The number of carbonyl (C=O) groups excluding carboxylic acids is 1. The molecule has 14 heavy (non-hydrogen) atoms. The van der Waals surface area contributed by atoms with Crippen LogP contribution in [0.15, 0.2) is 30.8 Å². The van der Waals surface area contributed by atoms with E-state index in [0.717, 1.165) is 0 Å². The summed E-state index contributed by atoms with van der Waals surface area (Å²) >= 11 is 0. The van der Waals surface area contributed by atoms with E-state index in [9.17, 15) is 4.79 Å². The number of ether oxygens (including phenoxy) is 1. The molecule has 0 spiro atoms. The van der Waals surface area contributed by atoms with E-state index in [1.165, 1.54) is 6.92 Å². The molecule has 1 rings (SSSR count). The van der Waals surface area contributed by atoms with Crippen molar-refractivity contribution in [3.63, 3.8) is 0 Å². The van der Waals surface area contributed by atoms with Gasteiger partial charge in [-0.05, 0) is 11.6 Å². The smallest absolute Gasteiger partial charge is 0.308 e. The average molecular weight is 192 g/mol. The van der Waals surface area contributed by atoms with Gasteiger partial charge in [-0.1, -0.05) is 24.8 Å². The van der Waals surface area contributed by atoms with Gasteiger partial charge in [0.2, 0.25) is 0 Å². The zero-order valence-electron chi connectivity index (χ0n) is 7.99. The van der Waals surface area contributed by atoms with Crippen molar-refractivity contribution in [3.8, 4) is 5.75 Å². The van der Waals surface area contributed by atoms with Gasteiger partial charge in [0.25, 0.3) is 0 Å². The fourth-order valence-electron chi connectivity index (χ4n) is 1.09. The molecule has 1 N–H and O–H groups in total. The highest BCUT2D eigenvalue weighted by molar-refractivity contribution is 5.75. The second-order valence-electron chi connectivity index (χ2n) is 2.85. The Bertz CT molecular complexity index is 355. The van der Waals surface area contributed by atoms with Crippen molar-refractivity contribution >= 4 is 11.5 Å². The molecular formula is C11H12O3. The zero-order chi connectivity index (χ0) is 10.6. The van der Waals surface area contributed by atoms with E-state index in [4.69, 9.17) is 9.84 Å². The fraction of sp³-hybridized carbons (Fsp3) is 0.182. The standard InChI is InChI=1S/C11H12O3/c1-8(7-12)10-5-3-4-6-11(10)14-9(2)13/h3-6,12H,1,7H2,2H3. The van der Waals surface area contributed by atoms with Gasteiger partial charge in [-0.25, -0.2) is 0 Å². The first-order valence-electron chi connectivity index (χ1n) is 4.21. The molecule has 0 bridgehead atoms. The Hall–Kier alpha value is -1.61. The second-order valence-corrected chi connectivity index (χ2v) is 2.85. The van der Waals surface area contributed by atoms with Crippen LogP contribution in [0.3, 0.4) is 0 Å². The van der Waals surface area contributed by atoms with E-state index in [-0.39, 0.29) is 12.6 Å². The Morgan fingerprint density at radius 1 is 1.50 bits per heavy atom. The van der Waals surface area contributed by atoms with Crippen molar-refractivity contribution < 1.29 is 14.6 Å². The number of para-hydroxylation sites is 1. The molecule has 0 saturated heterocycles. The van der Waals surface area contributed by atoms with Gasteiger partial charge in [0.15, 0.2) is 0 Å². The Balaban J connectivity index is 3.02. The molecule has 1 aromatic rings. The van der Waals surface area contributed by atoms with Crippen LogP contribution in [0.1, 0.15) is 12.5 Å². The van der Waals surface area contributed by atoms with Crippen molar-refractivity contribution in [3.05, 3.63) is 36.4 Å². The number of aliphatic hydroxyl groups is 1. The first-order chi connectivity index (χ1) is 6.65. The Morgan fingerprint density at radius 2 is 2.14 bits per heavy atom. The van der Waals surface area contributed by atoms with Crippen LogP contribution in [0.5, 0.6) is 5.75 Å². The molecule has 0 fully saturated rings. The predicted octanol–water partition coefficient (Wildman–Crippen LogP) is 1.62. The molecule has 0 aliphatic rings. The molecular weight excluding hydrogens is 180 g/mol. The topological polar surface area (TPSA) is 46.5 Å². The quantitative estimate of drug-likeness (QED) is 0.584. The number of hydrogen-bond donors (Lipinski definition) is 1. The molecule has 0 heterocycles. The Labute approximate surface area is 82.6 Å². The first kappa shape index (κ1) is 10.5. The molecule has 1 aromatic carbocycles. The van der Waals surface area contributed by atoms with Crippen LogP contribution in [0.4, 0.5) is 0 Å². The van der Waals surface area contributed by atoms with Crippen LogP contribution < -0.4 is 4.74 Å². The maximum Gasteiger partial charge on any atom is 0.308 e. The van der Waals surface area contributed by atoms with Crippen LogP contribution >= 0.6 is 0 Å². The van der Waals surface area contributed by atoms with Crippen LogP contribution in [0, 0.1) is 0 Å². The first-order valence-corrected chi connectivity index (χ1v) is 4.21. The molecule has 3 heteroatoms. The highest BCUT2D eigenvalue weighted by Gasteiger charge is 2.07. The third kappa shape index (κ3) is 2.44. The van der Waals surface area contributed by atoms with Crippen molar-refractivity contribution in [2.75, 3.05) is 6.61 Å². The van der Waals surface area contributed by atoms with Gasteiger partial charge in [0.1, 0.15) is 5.75 Å². The summed E-state index contributed by atoms with van der Waals surface area (Å²) in [6.45, 7) is 4.85. The summed E-state index contributed by atoms with van der Waals surface area (Å²) in [5, 5.41) is 8.91. The molecule has 0 aliphatic carbocycles. The van der Waals surface area contributed by atoms with Gasteiger partial charge in [-0.3, -0.25) is 4.79 Å². The van der Waals surface area contributed by atoms with Gasteiger partial charge >= 0.3 is 5.97 Å². The van der Waals surface area contributed by atoms with Crippen LogP contribution in [-0.2, 0) is 4.79 Å². The maximum absolute atomic E-state index is 10.8. The Kier molecular flexibility index (Phi) is 3.42. The number of carbonyl (C=O) groups is 1. The van der Waals surface area contributed by atoms with E-state index in [1.54, 1.807) is 24.3 Å². The molecule has 74 valence electrons.